The topological polar surface area (TPSA) is 17.1 Å². The highest BCUT2D eigenvalue weighted by Crippen LogP contribution is 2.27. The zero-order valence-corrected chi connectivity index (χ0v) is 9.56. The van der Waals surface area contributed by atoms with E-state index in [0.29, 0.717) is 5.78 Å². The average molecular weight is 196 g/mol. The summed E-state index contributed by atoms with van der Waals surface area (Å²) < 4.78 is 0. The minimum atomic E-state index is 0.501. The molecular weight excluding hydrogens is 172 g/mol. The van der Waals surface area contributed by atoms with Crippen LogP contribution in [0, 0.1) is 5.92 Å². The number of Topliss-reactive ketones (excluding diaryl/α,β-unsaturated/α-hetero) is 1. The molecule has 0 radical (unpaired) electrons. The van der Waals surface area contributed by atoms with E-state index in [-0.39, 0.29) is 0 Å². The summed E-state index contributed by atoms with van der Waals surface area (Å²) in [5.41, 5.74) is 0. The Morgan fingerprint density at radius 1 is 1.14 bits per heavy atom. The highest BCUT2D eigenvalue weighted by molar-refractivity contribution is 5.80. The maximum atomic E-state index is 11.0. The molecule has 0 unspecified atom stereocenters. The molecule has 0 saturated heterocycles. The van der Waals surface area contributed by atoms with Gasteiger partial charge in [-0.3, -0.25) is 4.79 Å². The third-order valence-electron chi connectivity index (χ3n) is 3.31. The van der Waals surface area contributed by atoms with E-state index in [9.17, 15) is 4.79 Å². The van der Waals surface area contributed by atoms with E-state index in [2.05, 4.69) is 6.92 Å². The van der Waals surface area contributed by atoms with Crippen molar-refractivity contribution in [1.82, 2.24) is 0 Å². The van der Waals surface area contributed by atoms with Crippen molar-refractivity contribution in [2.45, 2.75) is 71.1 Å². The quantitative estimate of drug-likeness (QED) is 0.560. The number of carbonyl (C=O) groups excluding carboxylic acids is 1. The largest absolute Gasteiger partial charge is 0.300 e. The zero-order chi connectivity index (χ0) is 10.2. The highest BCUT2D eigenvalue weighted by Gasteiger charge is 2.20. The number of hydrogen-bond acceptors (Lipinski definition) is 1. The van der Waals surface area contributed by atoms with Gasteiger partial charge in [0, 0.05) is 12.8 Å². The molecule has 1 heteroatoms. The van der Waals surface area contributed by atoms with E-state index in [4.69, 9.17) is 0 Å². The molecule has 0 bridgehead atoms. The van der Waals surface area contributed by atoms with Crippen molar-refractivity contribution >= 4 is 5.78 Å². The number of unbranched alkanes of at least 4 members (excludes halogenated alkanes) is 5. The highest BCUT2D eigenvalue weighted by atomic mass is 16.1. The Morgan fingerprint density at radius 2 is 1.86 bits per heavy atom. The van der Waals surface area contributed by atoms with Gasteiger partial charge in [-0.05, 0) is 12.3 Å². The third-order valence-corrected chi connectivity index (χ3v) is 3.31. The molecule has 1 nitrogen and oxygen atoms in total. The average Bonchev–Trinajstić information content (AvgIpc) is 2.58. The first-order chi connectivity index (χ1) is 6.83. The molecule has 0 aromatic rings. The van der Waals surface area contributed by atoms with Gasteiger partial charge in [-0.2, -0.15) is 0 Å². The minimum Gasteiger partial charge on any atom is -0.300 e. The second-order valence-corrected chi connectivity index (χ2v) is 4.70. The molecule has 0 heterocycles. The summed E-state index contributed by atoms with van der Waals surface area (Å²) in [5, 5.41) is 0. The van der Waals surface area contributed by atoms with Crippen molar-refractivity contribution in [3.63, 3.8) is 0 Å². The molecule has 14 heavy (non-hydrogen) atoms. The Bertz CT molecular complexity index is 163. The number of carbonyl (C=O) groups is 1. The van der Waals surface area contributed by atoms with Crippen molar-refractivity contribution in [1.29, 1.82) is 0 Å². The Balaban J connectivity index is 1.86. The molecule has 82 valence electrons. The van der Waals surface area contributed by atoms with Crippen molar-refractivity contribution in [3.05, 3.63) is 0 Å². The van der Waals surface area contributed by atoms with Crippen molar-refractivity contribution in [3.8, 4) is 0 Å². The van der Waals surface area contributed by atoms with E-state index in [1.165, 1.54) is 51.4 Å². The van der Waals surface area contributed by atoms with Crippen LogP contribution in [-0.4, -0.2) is 5.78 Å². The molecule has 1 fully saturated rings. The maximum absolute atomic E-state index is 11.0. The molecule has 1 aliphatic carbocycles. The monoisotopic (exact) mass is 196 g/mol. The van der Waals surface area contributed by atoms with E-state index < -0.39 is 0 Å². The van der Waals surface area contributed by atoms with Gasteiger partial charge in [0.05, 0.1) is 0 Å². The van der Waals surface area contributed by atoms with E-state index >= 15 is 0 Å². The summed E-state index contributed by atoms with van der Waals surface area (Å²) in [4.78, 5) is 11.0. The molecule has 0 amide bonds. The predicted molar refractivity (Wildman–Crippen MR) is 60.3 cm³/mol. The van der Waals surface area contributed by atoms with Gasteiger partial charge >= 0.3 is 0 Å². The van der Waals surface area contributed by atoms with Gasteiger partial charge in [0.2, 0.25) is 0 Å². The molecule has 1 atom stereocenters. The van der Waals surface area contributed by atoms with Crippen LogP contribution < -0.4 is 0 Å². The molecule has 0 spiro atoms. The molecule has 0 aromatic carbocycles. The molecular formula is C13H24O. The van der Waals surface area contributed by atoms with E-state index in [1.54, 1.807) is 0 Å². The maximum Gasteiger partial charge on any atom is 0.133 e. The second kappa shape index (κ2) is 7.03. The van der Waals surface area contributed by atoms with Gasteiger partial charge in [-0.1, -0.05) is 51.9 Å². The van der Waals surface area contributed by atoms with Crippen LogP contribution in [0.5, 0.6) is 0 Å². The molecule has 0 aromatic heterocycles. The predicted octanol–water partition coefficient (Wildman–Crippen LogP) is 4.11. The number of hydrogen-bond donors (Lipinski definition) is 0. The summed E-state index contributed by atoms with van der Waals surface area (Å²) in [6.07, 6.45) is 12.5. The zero-order valence-electron chi connectivity index (χ0n) is 9.56. The Hall–Kier alpha value is -0.330. The summed E-state index contributed by atoms with van der Waals surface area (Å²) in [5.74, 6) is 1.25. The lowest BCUT2D eigenvalue weighted by Gasteiger charge is -2.06. The number of ketones is 1. The van der Waals surface area contributed by atoms with Crippen molar-refractivity contribution in [2.24, 2.45) is 5.92 Å². The number of rotatable bonds is 7. The van der Waals surface area contributed by atoms with Crippen molar-refractivity contribution < 1.29 is 4.79 Å². The van der Waals surface area contributed by atoms with Gasteiger partial charge in [0.1, 0.15) is 5.78 Å². The SMILES string of the molecule is CCCCCCCC[C@H]1CCC(=O)C1. The van der Waals surface area contributed by atoms with Gasteiger partial charge in [-0.15, -0.1) is 0 Å². The fourth-order valence-corrected chi connectivity index (χ4v) is 2.35. The normalized spacial score (nSPS) is 21.8. The molecule has 1 rings (SSSR count). The van der Waals surface area contributed by atoms with Crippen LogP contribution >= 0.6 is 0 Å². The Morgan fingerprint density at radius 3 is 2.50 bits per heavy atom. The van der Waals surface area contributed by atoms with Crippen LogP contribution in [-0.2, 0) is 4.79 Å². The first kappa shape index (κ1) is 11.7. The Labute approximate surface area is 88.3 Å². The first-order valence-corrected chi connectivity index (χ1v) is 6.34. The van der Waals surface area contributed by atoms with Crippen LogP contribution in [0.2, 0.25) is 0 Å². The summed E-state index contributed by atoms with van der Waals surface area (Å²) >= 11 is 0. The van der Waals surface area contributed by atoms with Gasteiger partial charge in [0.15, 0.2) is 0 Å². The van der Waals surface area contributed by atoms with Crippen LogP contribution in [0.3, 0.4) is 0 Å². The lowest BCUT2D eigenvalue weighted by molar-refractivity contribution is -0.117. The summed E-state index contributed by atoms with van der Waals surface area (Å²) in [7, 11) is 0. The van der Waals surface area contributed by atoms with Crippen LogP contribution in [0.4, 0.5) is 0 Å². The minimum absolute atomic E-state index is 0.501. The second-order valence-electron chi connectivity index (χ2n) is 4.70. The lowest BCUT2D eigenvalue weighted by atomic mass is 9.99. The fraction of sp³-hybridized carbons (Fsp3) is 0.923. The van der Waals surface area contributed by atoms with Crippen LogP contribution in [0.1, 0.15) is 71.1 Å². The summed E-state index contributed by atoms with van der Waals surface area (Å²) in [6.45, 7) is 2.25. The fourth-order valence-electron chi connectivity index (χ4n) is 2.35. The lowest BCUT2D eigenvalue weighted by Crippen LogP contribution is -1.95. The standard InChI is InChI=1S/C13H24O/c1-2-3-4-5-6-7-8-12-9-10-13(14)11-12/h12H,2-11H2,1H3/t12-/m0/s1. The molecule has 1 saturated carbocycles. The Kier molecular flexibility index (Phi) is 5.89. The molecule has 0 N–H and O–H groups in total. The van der Waals surface area contributed by atoms with E-state index in [0.717, 1.165) is 18.8 Å². The third kappa shape index (κ3) is 4.78. The van der Waals surface area contributed by atoms with Gasteiger partial charge < -0.3 is 0 Å². The first-order valence-electron chi connectivity index (χ1n) is 6.34. The summed E-state index contributed by atoms with van der Waals surface area (Å²) in [6, 6.07) is 0. The molecule has 0 aliphatic heterocycles. The van der Waals surface area contributed by atoms with Crippen molar-refractivity contribution in [2.75, 3.05) is 0 Å². The van der Waals surface area contributed by atoms with Crippen LogP contribution in [0.25, 0.3) is 0 Å². The van der Waals surface area contributed by atoms with Gasteiger partial charge in [0.25, 0.3) is 0 Å². The van der Waals surface area contributed by atoms with Gasteiger partial charge in [-0.25, -0.2) is 0 Å². The molecule has 1 aliphatic rings. The van der Waals surface area contributed by atoms with Crippen LogP contribution in [0.15, 0.2) is 0 Å². The van der Waals surface area contributed by atoms with E-state index in [1.807, 2.05) is 0 Å². The smallest absolute Gasteiger partial charge is 0.133 e.